The fourth-order valence-electron chi connectivity index (χ4n) is 3.20. The van der Waals surface area contributed by atoms with Gasteiger partial charge < -0.3 is 4.74 Å². The van der Waals surface area contributed by atoms with Gasteiger partial charge in [-0.25, -0.2) is 0 Å². The van der Waals surface area contributed by atoms with Crippen LogP contribution in [0.15, 0.2) is 54.6 Å². The Morgan fingerprint density at radius 1 is 0.864 bits per heavy atom. The maximum absolute atomic E-state index is 9.23. The normalized spacial score (nSPS) is 12.9. The Labute approximate surface area is 129 Å². The lowest BCUT2D eigenvalue weighted by Gasteiger charge is -2.11. The number of hydrogen-bond donors (Lipinski definition) is 0. The zero-order chi connectivity index (χ0) is 14.9. The standard InChI is InChI=1S/C20H15NO/c21-13-16-9-11-20(19-7-2-1-6-18(16)19)22-17-10-8-14-4-3-5-15(14)12-17/h1-2,6-12H,3-5H2. The van der Waals surface area contributed by atoms with Crippen LogP contribution in [0.5, 0.6) is 11.5 Å². The molecule has 3 aromatic carbocycles. The number of fused-ring (bicyclic) bond motifs is 2. The molecule has 0 aromatic heterocycles. The smallest absolute Gasteiger partial charge is 0.135 e. The molecule has 0 spiro atoms. The lowest BCUT2D eigenvalue weighted by atomic mass is 10.0. The summed E-state index contributed by atoms with van der Waals surface area (Å²) in [4.78, 5) is 0. The summed E-state index contributed by atoms with van der Waals surface area (Å²) in [5.41, 5.74) is 3.52. The third kappa shape index (κ3) is 2.12. The zero-order valence-electron chi connectivity index (χ0n) is 12.2. The minimum absolute atomic E-state index is 0.678. The van der Waals surface area contributed by atoms with Crippen LogP contribution in [-0.4, -0.2) is 0 Å². The highest BCUT2D eigenvalue weighted by Crippen LogP contribution is 2.33. The SMILES string of the molecule is N#Cc1ccc(Oc2ccc3c(c2)CCC3)c2ccccc12. The molecule has 3 aromatic rings. The minimum atomic E-state index is 0.678. The fourth-order valence-corrected chi connectivity index (χ4v) is 3.20. The Morgan fingerprint density at radius 3 is 2.55 bits per heavy atom. The van der Waals surface area contributed by atoms with Crippen LogP contribution in [-0.2, 0) is 12.8 Å². The van der Waals surface area contributed by atoms with Crippen LogP contribution >= 0.6 is 0 Å². The maximum atomic E-state index is 9.23. The van der Waals surface area contributed by atoms with E-state index in [1.165, 1.54) is 24.0 Å². The molecule has 0 fully saturated rings. The molecule has 1 aliphatic rings. The molecule has 2 heteroatoms. The van der Waals surface area contributed by atoms with Crippen LogP contribution in [0.2, 0.25) is 0 Å². The predicted molar refractivity (Wildman–Crippen MR) is 87.2 cm³/mol. The molecule has 0 heterocycles. The van der Waals surface area contributed by atoms with Crippen molar-refractivity contribution in [2.24, 2.45) is 0 Å². The van der Waals surface area contributed by atoms with Crippen molar-refractivity contribution < 1.29 is 4.74 Å². The number of hydrogen-bond acceptors (Lipinski definition) is 2. The molecule has 0 unspecified atom stereocenters. The van der Waals surface area contributed by atoms with Gasteiger partial charge in [-0.15, -0.1) is 0 Å². The molecule has 22 heavy (non-hydrogen) atoms. The van der Waals surface area contributed by atoms with Gasteiger partial charge in [0.15, 0.2) is 0 Å². The van der Waals surface area contributed by atoms with Gasteiger partial charge in [0.1, 0.15) is 11.5 Å². The van der Waals surface area contributed by atoms with E-state index in [4.69, 9.17) is 4.74 Å². The molecule has 1 aliphatic carbocycles. The first-order valence-electron chi connectivity index (χ1n) is 7.57. The number of nitriles is 1. The number of nitrogens with zero attached hydrogens (tertiary/aromatic N) is 1. The average Bonchev–Trinajstić information content (AvgIpc) is 3.03. The predicted octanol–water partition coefficient (Wildman–Crippen LogP) is 4.99. The van der Waals surface area contributed by atoms with Gasteiger partial charge in [0.2, 0.25) is 0 Å². The van der Waals surface area contributed by atoms with Gasteiger partial charge in [0.05, 0.1) is 11.6 Å². The fraction of sp³-hybridized carbons (Fsp3) is 0.150. The molecule has 0 atom stereocenters. The highest BCUT2D eigenvalue weighted by Gasteiger charge is 2.12. The van der Waals surface area contributed by atoms with Crippen molar-refractivity contribution in [3.8, 4) is 17.6 Å². The van der Waals surface area contributed by atoms with E-state index in [-0.39, 0.29) is 0 Å². The highest BCUT2D eigenvalue weighted by molar-refractivity contribution is 5.92. The van der Waals surface area contributed by atoms with Crippen molar-refractivity contribution in [2.75, 3.05) is 0 Å². The van der Waals surface area contributed by atoms with Crippen molar-refractivity contribution in [1.82, 2.24) is 0 Å². The zero-order valence-corrected chi connectivity index (χ0v) is 12.2. The van der Waals surface area contributed by atoms with E-state index in [2.05, 4.69) is 18.2 Å². The van der Waals surface area contributed by atoms with Crippen molar-refractivity contribution in [3.63, 3.8) is 0 Å². The van der Waals surface area contributed by atoms with Gasteiger partial charge >= 0.3 is 0 Å². The van der Waals surface area contributed by atoms with E-state index in [0.717, 1.165) is 28.7 Å². The summed E-state index contributed by atoms with van der Waals surface area (Å²) < 4.78 is 6.11. The quantitative estimate of drug-likeness (QED) is 0.664. The highest BCUT2D eigenvalue weighted by atomic mass is 16.5. The summed E-state index contributed by atoms with van der Waals surface area (Å²) >= 11 is 0. The summed E-state index contributed by atoms with van der Waals surface area (Å²) in [5.74, 6) is 1.67. The number of benzene rings is 3. The summed E-state index contributed by atoms with van der Waals surface area (Å²) in [7, 11) is 0. The first-order chi connectivity index (χ1) is 10.8. The molecule has 0 N–H and O–H groups in total. The first-order valence-corrected chi connectivity index (χ1v) is 7.57. The maximum Gasteiger partial charge on any atom is 0.135 e. The molecular formula is C20H15NO. The number of ether oxygens (including phenoxy) is 1. The molecule has 0 saturated carbocycles. The lowest BCUT2D eigenvalue weighted by Crippen LogP contribution is -1.90. The molecular weight excluding hydrogens is 270 g/mol. The molecule has 106 valence electrons. The van der Waals surface area contributed by atoms with E-state index in [1.54, 1.807) is 0 Å². The van der Waals surface area contributed by atoms with Crippen molar-refractivity contribution in [1.29, 1.82) is 5.26 Å². The van der Waals surface area contributed by atoms with Crippen LogP contribution < -0.4 is 4.74 Å². The molecule has 4 rings (SSSR count). The second kappa shape index (κ2) is 5.20. The monoisotopic (exact) mass is 285 g/mol. The van der Waals surface area contributed by atoms with E-state index in [0.29, 0.717) is 5.56 Å². The summed E-state index contributed by atoms with van der Waals surface area (Å²) in [6.45, 7) is 0. The first kappa shape index (κ1) is 12.9. The minimum Gasteiger partial charge on any atom is -0.457 e. The number of aryl methyl sites for hydroxylation is 2. The Kier molecular flexibility index (Phi) is 3.05. The Bertz CT molecular complexity index is 905. The summed E-state index contributed by atoms with van der Waals surface area (Å²) in [6, 6.07) is 20.2. The van der Waals surface area contributed by atoms with Gasteiger partial charge in [-0.3, -0.25) is 0 Å². The van der Waals surface area contributed by atoms with Crippen LogP contribution in [0.3, 0.4) is 0 Å². The van der Waals surface area contributed by atoms with Gasteiger partial charge in [0, 0.05) is 10.8 Å². The van der Waals surface area contributed by atoms with E-state index < -0.39 is 0 Å². The Hall–Kier alpha value is -2.79. The van der Waals surface area contributed by atoms with Gasteiger partial charge in [-0.05, 0) is 54.7 Å². The third-order valence-electron chi connectivity index (χ3n) is 4.30. The topological polar surface area (TPSA) is 33.0 Å². The van der Waals surface area contributed by atoms with E-state index >= 15 is 0 Å². The molecule has 0 saturated heterocycles. The van der Waals surface area contributed by atoms with Crippen LogP contribution in [0.1, 0.15) is 23.1 Å². The molecule has 0 aliphatic heterocycles. The van der Waals surface area contributed by atoms with Crippen LogP contribution in [0, 0.1) is 11.3 Å². The van der Waals surface area contributed by atoms with Crippen molar-refractivity contribution >= 4 is 10.8 Å². The van der Waals surface area contributed by atoms with Crippen molar-refractivity contribution in [2.45, 2.75) is 19.3 Å². The Morgan fingerprint density at radius 2 is 1.68 bits per heavy atom. The third-order valence-corrected chi connectivity index (χ3v) is 4.30. The summed E-state index contributed by atoms with van der Waals surface area (Å²) in [5, 5.41) is 11.1. The largest absolute Gasteiger partial charge is 0.457 e. The lowest BCUT2D eigenvalue weighted by molar-refractivity contribution is 0.487. The van der Waals surface area contributed by atoms with Crippen LogP contribution in [0.4, 0.5) is 0 Å². The van der Waals surface area contributed by atoms with Crippen LogP contribution in [0.25, 0.3) is 10.8 Å². The molecule has 0 bridgehead atoms. The Balaban J connectivity index is 1.78. The van der Waals surface area contributed by atoms with Gasteiger partial charge in [0.25, 0.3) is 0 Å². The molecule has 0 radical (unpaired) electrons. The van der Waals surface area contributed by atoms with E-state index in [1.807, 2.05) is 42.5 Å². The summed E-state index contributed by atoms with van der Waals surface area (Å²) in [6.07, 6.45) is 3.55. The van der Waals surface area contributed by atoms with Crippen molar-refractivity contribution in [3.05, 3.63) is 71.3 Å². The molecule has 2 nitrogen and oxygen atoms in total. The average molecular weight is 285 g/mol. The van der Waals surface area contributed by atoms with Gasteiger partial charge in [-0.1, -0.05) is 30.3 Å². The second-order valence-corrected chi connectivity index (χ2v) is 5.65. The van der Waals surface area contributed by atoms with E-state index in [9.17, 15) is 5.26 Å². The number of rotatable bonds is 2. The molecule has 0 amide bonds. The second-order valence-electron chi connectivity index (χ2n) is 5.65. The van der Waals surface area contributed by atoms with Gasteiger partial charge in [-0.2, -0.15) is 5.26 Å².